The molecule has 22 heavy (non-hydrogen) atoms. The number of pyridine rings is 1. The van der Waals surface area contributed by atoms with Gasteiger partial charge in [0, 0.05) is 0 Å². The molecule has 0 spiro atoms. The number of nitrogens with zero attached hydrogens (tertiary/aromatic N) is 2. The van der Waals surface area contributed by atoms with Gasteiger partial charge in [-0.25, -0.2) is 9.78 Å². The van der Waals surface area contributed by atoms with E-state index in [1.807, 2.05) is 36.4 Å². The summed E-state index contributed by atoms with van der Waals surface area (Å²) >= 11 is 0. The largest absolute Gasteiger partial charge is 0.472 e. The van der Waals surface area contributed by atoms with Crippen molar-refractivity contribution in [2.45, 2.75) is 20.5 Å². The second kappa shape index (κ2) is 7.23. The van der Waals surface area contributed by atoms with E-state index >= 15 is 0 Å². The summed E-state index contributed by atoms with van der Waals surface area (Å²) < 4.78 is 10.6. The number of carbonyl (C=O) groups is 1. The van der Waals surface area contributed by atoms with Gasteiger partial charge in [-0.05, 0) is 25.5 Å². The molecule has 112 valence electrons. The number of rotatable bonds is 5. The molecule has 0 aliphatic carbocycles. The first-order chi connectivity index (χ1) is 10.7. The highest BCUT2D eigenvalue weighted by Gasteiger charge is 2.16. The molecule has 2 rings (SSSR count). The zero-order chi connectivity index (χ0) is 15.9. The third-order valence-corrected chi connectivity index (χ3v) is 3.01. The highest BCUT2D eigenvalue weighted by molar-refractivity contribution is 5.91. The molecule has 0 aliphatic rings. The molecule has 2 aromatic rings. The first-order valence-corrected chi connectivity index (χ1v) is 6.91. The molecule has 0 saturated heterocycles. The number of aromatic nitrogens is 1. The summed E-state index contributed by atoms with van der Waals surface area (Å²) in [5, 5.41) is 9.22. The van der Waals surface area contributed by atoms with Gasteiger partial charge in [-0.1, -0.05) is 30.3 Å². The number of carbonyl (C=O) groups excluding carboxylic acids is 1. The summed E-state index contributed by atoms with van der Waals surface area (Å²) in [6.07, 6.45) is 0. The number of hydrogen-bond donors (Lipinski definition) is 0. The third kappa shape index (κ3) is 3.61. The van der Waals surface area contributed by atoms with E-state index < -0.39 is 5.97 Å². The van der Waals surface area contributed by atoms with Crippen LogP contribution in [0.1, 0.15) is 34.1 Å². The fourth-order valence-electron chi connectivity index (χ4n) is 1.91. The molecule has 0 bridgehead atoms. The first-order valence-electron chi connectivity index (χ1n) is 6.91. The van der Waals surface area contributed by atoms with Gasteiger partial charge in [0.05, 0.1) is 17.9 Å². The fourth-order valence-corrected chi connectivity index (χ4v) is 1.91. The van der Waals surface area contributed by atoms with Crippen LogP contribution < -0.4 is 4.74 Å². The number of esters is 1. The molecule has 0 amide bonds. The van der Waals surface area contributed by atoms with Crippen molar-refractivity contribution in [1.82, 2.24) is 4.98 Å². The minimum atomic E-state index is -0.487. The van der Waals surface area contributed by atoms with Crippen LogP contribution in [0.25, 0.3) is 0 Å². The summed E-state index contributed by atoms with van der Waals surface area (Å²) in [6.45, 7) is 3.99. The van der Waals surface area contributed by atoms with Crippen LogP contribution in [0, 0.1) is 18.3 Å². The monoisotopic (exact) mass is 296 g/mol. The zero-order valence-electron chi connectivity index (χ0n) is 12.5. The molecule has 0 aliphatic heterocycles. The van der Waals surface area contributed by atoms with E-state index in [9.17, 15) is 10.1 Å². The van der Waals surface area contributed by atoms with Crippen LogP contribution in [-0.2, 0) is 11.3 Å². The van der Waals surface area contributed by atoms with Gasteiger partial charge in [-0.2, -0.15) is 5.26 Å². The van der Waals surface area contributed by atoms with Crippen LogP contribution in [-0.4, -0.2) is 17.6 Å². The van der Waals surface area contributed by atoms with Crippen molar-refractivity contribution in [3.63, 3.8) is 0 Å². The first kappa shape index (κ1) is 15.5. The Morgan fingerprint density at radius 1 is 1.32 bits per heavy atom. The quantitative estimate of drug-likeness (QED) is 0.793. The Kier molecular flexibility index (Phi) is 5.10. The van der Waals surface area contributed by atoms with Gasteiger partial charge in [-0.3, -0.25) is 0 Å². The second-order valence-electron chi connectivity index (χ2n) is 4.58. The van der Waals surface area contributed by atoms with Gasteiger partial charge in [-0.15, -0.1) is 0 Å². The van der Waals surface area contributed by atoms with Crippen LogP contribution >= 0.6 is 0 Å². The molecule has 1 aromatic heterocycles. The molecule has 5 nitrogen and oxygen atoms in total. The lowest BCUT2D eigenvalue weighted by Crippen LogP contribution is -2.10. The van der Waals surface area contributed by atoms with Crippen molar-refractivity contribution in [2.24, 2.45) is 0 Å². The molecule has 1 aromatic carbocycles. The van der Waals surface area contributed by atoms with Gasteiger partial charge in [0.25, 0.3) is 0 Å². The maximum absolute atomic E-state index is 11.8. The van der Waals surface area contributed by atoms with Gasteiger partial charge >= 0.3 is 5.97 Å². The molecule has 5 heteroatoms. The maximum atomic E-state index is 11.8. The van der Waals surface area contributed by atoms with Crippen molar-refractivity contribution in [2.75, 3.05) is 6.61 Å². The molecular weight excluding hydrogens is 280 g/mol. The van der Waals surface area contributed by atoms with Crippen molar-refractivity contribution in [1.29, 1.82) is 5.26 Å². The van der Waals surface area contributed by atoms with Crippen LogP contribution in [0.3, 0.4) is 0 Å². The average Bonchev–Trinajstić information content (AvgIpc) is 2.54. The van der Waals surface area contributed by atoms with Gasteiger partial charge in [0.1, 0.15) is 18.2 Å². The van der Waals surface area contributed by atoms with Crippen LogP contribution in [0.5, 0.6) is 5.88 Å². The second-order valence-corrected chi connectivity index (χ2v) is 4.58. The minimum absolute atomic E-state index is 0.213. The smallest absolute Gasteiger partial charge is 0.340 e. The number of nitriles is 1. The van der Waals surface area contributed by atoms with E-state index in [1.165, 1.54) is 6.07 Å². The Morgan fingerprint density at radius 2 is 2.05 bits per heavy atom. The van der Waals surface area contributed by atoms with E-state index in [4.69, 9.17) is 9.47 Å². The minimum Gasteiger partial charge on any atom is -0.472 e. The number of ether oxygens (including phenoxy) is 2. The van der Waals surface area contributed by atoms with Crippen molar-refractivity contribution < 1.29 is 14.3 Å². The van der Waals surface area contributed by atoms with Gasteiger partial charge < -0.3 is 9.47 Å². The summed E-state index contributed by atoms with van der Waals surface area (Å²) in [6, 6.07) is 13.0. The Hall–Kier alpha value is -2.87. The average molecular weight is 296 g/mol. The van der Waals surface area contributed by atoms with E-state index in [2.05, 4.69) is 4.98 Å². The molecule has 0 fully saturated rings. The van der Waals surface area contributed by atoms with E-state index in [-0.39, 0.29) is 23.6 Å². The predicted octanol–water partition coefficient (Wildman–Crippen LogP) is 3.02. The Bertz CT molecular complexity index is 706. The lowest BCUT2D eigenvalue weighted by atomic mass is 10.1. The van der Waals surface area contributed by atoms with Crippen LogP contribution in [0.4, 0.5) is 0 Å². The third-order valence-electron chi connectivity index (χ3n) is 3.01. The molecule has 0 N–H and O–H groups in total. The molecule has 0 radical (unpaired) electrons. The summed E-state index contributed by atoms with van der Waals surface area (Å²) in [5.74, 6) is -0.268. The number of aryl methyl sites for hydroxylation is 1. The number of hydrogen-bond acceptors (Lipinski definition) is 5. The lowest BCUT2D eigenvalue weighted by Gasteiger charge is -2.10. The summed E-state index contributed by atoms with van der Waals surface area (Å²) in [5.41, 5.74) is 1.94. The standard InChI is InChI=1S/C17H16N2O3/c1-3-21-17(20)15-9-14(10-18)16(19-12(15)2)22-11-13-7-5-4-6-8-13/h4-9H,3,11H2,1-2H3. The Balaban J connectivity index is 2.23. The summed E-state index contributed by atoms with van der Waals surface area (Å²) in [4.78, 5) is 16.0. The van der Waals surface area contributed by atoms with Crippen LogP contribution in [0.2, 0.25) is 0 Å². The number of benzene rings is 1. The molecule has 0 unspecified atom stereocenters. The molecule has 0 saturated carbocycles. The topological polar surface area (TPSA) is 72.2 Å². The van der Waals surface area contributed by atoms with Gasteiger partial charge in [0.15, 0.2) is 0 Å². The fraction of sp³-hybridized carbons (Fsp3) is 0.235. The van der Waals surface area contributed by atoms with Crippen molar-refractivity contribution in [3.05, 3.63) is 58.8 Å². The SMILES string of the molecule is CCOC(=O)c1cc(C#N)c(OCc2ccccc2)nc1C. The zero-order valence-corrected chi connectivity index (χ0v) is 12.5. The Morgan fingerprint density at radius 3 is 2.68 bits per heavy atom. The highest BCUT2D eigenvalue weighted by atomic mass is 16.5. The molecule has 1 heterocycles. The molecular formula is C17H16N2O3. The predicted molar refractivity (Wildman–Crippen MR) is 80.4 cm³/mol. The van der Waals surface area contributed by atoms with E-state index in [1.54, 1.807) is 13.8 Å². The van der Waals surface area contributed by atoms with Crippen LogP contribution in [0.15, 0.2) is 36.4 Å². The van der Waals surface area contributed by atoms with Crippen molar-refractivity contribution >= 4 is 5.97 Å². The Labute approximate surface area is 129 Å². The van der Waals surface area contributed by atoms with E-state index in [0.717, 1.165) is 5.56 Å². The lowest BCUT2D eigenvalue weighted by molar-refractivity contribution is 0.0524. The van der Waals surface area contributed by atoms with E-state index in [0.29, 0.717) is 12.3 Å². The maximum Gasteiger partial charge on any atom is 0.340 e. The van der Waals surface area contributed by atoms with Gasteiger partial charge in [0.2, 0.25) is 5.88 Å². The highest BCUT2D eigenvalue weighted by Crippen LogP contribution is 2.21. The summed E-state index contributed by atoms with van der Waals surface area (Å²) in [7, 11) is 0. The molecule has 0 atom stereocenters. The van der Waals surface area contributed by atoms with Crippen molar-refractivity contribution in [3.8, 4) is 11.9 Å². The normalized spacial score (nSPS) is 9.86.